The second kappa shape index (κ2) is 6.34. The maximum absolute atomic E-state index is 14.1. The first-order chi connectivity index (χ1) is 11.1. The standard InChI is InChI=1S/C16H18FN5O/c1-11(16-20-19-12(2)23-16)21-5-7-22(8-6-21)15-4-3-13(10-18)9-14(15)17/h3-4,9,11H,5-8H2,1-2H3/t11-/m0/s1. The lowest BCUT2D eigenvalue weighted by atomic mass is 10.1. The molecule has 7 heteroatoms. The topological polar surface area (TPSA) is 69.2 Å². The summed E-state index contributed by atoms with van der Waals surface area (Å²) in [6.45, 7) is 6.78. The van der Waals surface area contributed by atoms with Crippen LogP contribution in [0.25, 0.3) is 0 Å². The van der Waals surface area contributed by atoms with Gasteiger partial charge >= 0.3 is 0 Å². The molecular weight excluding hydrogens is 297 g/mol. The van der Waals surface area contributed by atoms with Crippen molar-refractivity contribution in [1.82, 2.24) is 15.1 Å². The molecule has 23 heavy (non-hydrogen) atoms. The number of halogens is 1. The molecular formula is C16H18FN5O. The fraction of sp³-hybridized carbons (Fsp3) is 0.438. The Morgan fingerprint density at radius 3 is 2.57 bits per heavy atom. The van der Waals surface area contributed by atoms with Crippen molar-refractivity contribution >= 4 is 5.69 Å². The minimum Gasteiger partial charge on any atom is -0.424 e. The molecule has 0 bridgehead atoms. The lowest BCUT2D eigenvalue weighted by molar-refractivity contribution is 0.171. The van der Waals surface area contributed by atoms with E-state index in [1.54, 1.807) is 19.1 Å². The quantitative estimate of drug-likeness (QED) is 0.865. The van der Waals surface area contributed by atoms with Gasteiger partial charge in [0.25, 0.3) is 0 Å². The zero-order valence-electron chi connectivity index (χ0n) is 13.2. The monoisotopic (exact) mass is 315 g/mol. The molecule has 0 radical (unpaired) electrons. The number of anilines is 1. The van der Waals surface area contributed by atoms with Crippen molar-refractivity contribution in [3.05, 3.63) is 41.4 Å². The van der Waals surface area contributed by atoms with Crippen LogP contribution < -0.4 is 4.90 Å². The van der Waals surface area contributed by atoms with E-state index in [1.165, 1.54) is 6.07 Å². The Labute approximate surface area is 134 Å². The zero-order valence-corrected chi connectivity index (χ0v) is 13.2. The van der Waals surface area contributed by atoms with Crippen molar-refractivity contribution in [2.24, 2.45) is 0 Å². The largest absolute Gasteiger partial charge is 0.424 e. The molecule has 2 aromatic rings. The van der Waals surface area contributed by atoms with Crippen LogP contribution in [0.3, 0.4) is 0 Å². The molecule has 120 valence electrons. The van der Waals surface area contributed by atoms with Crippen LogP contribution in [0.1, 0.15) is 30.3 Å². The molecule has 0 spiro atoms. The molecule has 0 unspecified atom stereocenters. The summed E-state index contributed by atoms with van der Waals surface area (Å²) in [4.78, 5) is 4.24. The van der Waals surface area contributed by atoms with Crippen LogP contribution in [0.4, 0.5) is 10.1 Å². The molecule has 1 atom stereocenters. The number of rotatable bonds is 3. The normalized spacial score (nSPS) is 17.0. The average molecular weight is 315 g/mol. The molecule has 0 N–H and O–H groups in total. The van der Waals surface area contributed by atoms with Gasteiger partial charge < -0.3 is 9.32 Å². The van der Waals surface area contributed by atoms with E-state index in [1.807, 2.05) is 17.9 Å². The average Bonchev–Trinajstić information content (AvgIpc) is 3.00. The third kappa shape index (κ3) is 3.17. The second-order valence-corrected chi connectivity index (χ2v) is 5.64. The van der Waals surface area contributed by atoms with Crippen LogP contribution >= 0.6 is 0 Å². The predicted octanol–water partition coefficient (Wildman–Crippen LogP) is 2.27. The van der Waals surface area contributed by atoms with Crippen molar-refractivity contribution in [3.8, 4) is 6.07 Å². The van der Waals surface area contributed by atoms with Crippen LogP contribution in [0, 0.1) is 24.1 Å². The summed E-state index contributed by atoms with van der Waals surface area (Å²) < 4.78 is 19.6. The Kier molecular flexibility index (Phi) is 4.26. The molecule has 0 saturated carbocycles. The maximum Gasteiger partial charge on any atom is 0.233 e. The molecule has 1 aliphatic rings. The van der Waals surface area contributed by atoms with Crippen LogP contribution in [-0.4, -0.2) is 41.3 Å². The molecule has 0 aliphatic carbocycles. The first-order valence-corrected chi connectivity index (χ1v) is 7.57. The Balaban J connectivity index is 1.65. The summed E-state index contributed by atoms with van der Waals surface area (Å²) in [6.07, 6.45) is 0. The van der Waals surface area contributed by atoms with Gasteiger partial charge in [0.15, 0.2) is 0 Å². The van der Waals surface area contributed by atoms with Gasteiger partial charge in [0.1, 0.15) is 5.82 Å². The van der Waals surface area contributed by atoms with E-state index in [9.17, 15) is 4.39 Å². The van der Waals surface area contributed by atoms with Gasteiger partial charge in [-0.05, 0) is 25.1 Å². The zero-order chi connectivity index (χ0) is 16.4. The number of aryl methyl sites for hydroxylation is 1. The minimum absolute atomic E-state index is 0.0455. The number of nitriles is 1. The fourth-order valence-corrected chi connectivity index (χ4v) is 2.82. The molecule has 0 amide bonds. The molecule has 1 fully saturated rings. The number of benzene rings is 1. The number of nitrogens with zero attached hydrogens (tertiary/aromatic N) is 5. The molecule has 1 aromatic carbocycles. The Morgan fingerprint density at radius 1 is 1.26 bits per heavy atom. The van der Waals surface area contributed by atoms with Crippen LogP contribution in [-0.2, 0) is 0 Å². The summed E-state index contributed by atoms with van der Waals surface area (Å²) in [5, 5.41) is 16.7. The van der Waals surface area contributed by atoms with E-state index in [0.29, 0.717) is 36.1 Å². The highest BCUT2D eigenvalue weighted by Crippen LogP contribution is 2.25. The molecule has 1 aromatic heterocycles. The van der Waals surface area contributed by atoms with Gasteiger partial charge in [-0.2, -0.15) is 5.26 Å². The third-order valence-electron chi connectivity index (χ3n) is 4.18. The number of piperazine rings is 1. The molecule has 3 rings (SSSR count). The van der Waals surface area contributed by atoms with Gasteiger partial charge in [-0.3, -0.25) is 4.90 Å². The van der Waals surface area contributed by atoms with E-state index in [2.05, 4.69) is 15.1 Å². The van der Waals surface area contributed by atoms with Crippen molar-refractivity contribution in [1.29, 1.82) is 5.26 Å². The van der Waals surface area contributed by atoms with Gasteiger partial charge in [-0.1, -0.05) is 0 Å². The summed E-state index contributed by atoms with van der Waals surface area (Å²) in [6, 6.07) is 6.60. The Hall–Kier alpha value is -2.46. The number of aromatic nitrogens is 2. The molecule has 1 aliphatic heterocycles. The number of hydrogen-bond donors (Lipinski definition) is 0. The first kappa shape index (κ1) is 15.4. The first-order valence-electron chi connectivity index (χ1n) is 7.57. The summed E-state index contributed by atoms with van der Waals surface area (Å²) in [7, 11) is 0. The van der Waals surface area contributed by atoms with E-state index in [-0.39, 0.29) is 11.9 Å². The Bertz CT molecular complexity index is 730. The predicted molar refractivity (Wildman–Crippen MR) is 82.4 cm³/mol. The Morgan fingerprint density at radius 2 is 2.00 bits per heavy atom. The van der Waals surface area contributed by atoms with Gasteiger partial charge in [0.05, 0.1) is 23.4 Å². The van der Waals surface area contributed by atoms with Gasteiger partial charge in [-0.15, -0.1) is 10.2 Å². The lowest BCUT2D eigenvalue weighted by Crippen LogP contribution is -2.47. The highest BCUT2D eigenvalue weighted by molar-refractivity contribution is 5.51. The van der Waals surface area contributed by atoms with Crippen LogP contribution in [0.5, 0.6) is 0 Å². The molecule has 2 heterocycles. The number of hydrogen-bond acceptors (Lipinski definition) is 6. The van der Waals surface area contributed by atoms with Gasteiger partial charge in [0, 0.05) is 33.1 Å². The minimum atomic E-state index is -0.349. The summed E-state index contributed by atoms with van der Waals surface area (Å²) in [5.74, 6) is 0.823. The SMILES string of the molecule is Cc1nnc([C@H](C)N2CCN(c3ccc(C#N)cc3F)CC2)o1. The summed E-state index contributed by atoms with van der Waals surface area (Å²) >= 11 is 0. The van der Waals surface area contributed by atoms with Crippen molar-refractivity contribution < 1.29 is 8.81 Å². The third-order valence-corrected chi connectivity index (χ3v) is 4.18. The van der Waals surface area contributed by atoms with Gasteiger partial charge in [-0.25, -0.2) is 4.39 Å². The van der Waals surface area contributed by atoms with E-state index >= 15 is 0 Å². The highest BCUT2D eigenvalue weighted by Gasteiger charge is 2.26. The smallest absolute Gasteiger partial charge is 0.233 e. The molecule has 6 nitrogen and oxygen atoms in total. The summed E-state index contributed by atoms with van der Waals surface area (Å²) in [5.41, 5.74) is 0.884. The van der Waals surface area contributed by atoms with E-state index in [4.69, 9.17) is 9.68 Å². The maximum atomic E-state index is 14.1. The van der Waals surface area contributed by atoms with Gasteiger partial charge in [0.2, 0.25) is 11.8 Å². The van der Waals surface area contributed by atoms with Crippen LogP contribution in [0.2, 0.25) is 0 Å². The lowest BCUT2D eigenvalue weighted by Gasteiger charge is -2.38. The van der Waals surface area contributed by atoms with Crippen molar-refractivity contribution in [3.63, 3.8) is 0 Å². The van der Waals surface area contributed by atoms with E-state index < -0.39 is 0 Å². The van der Waals surface area contributed by atoms with Crippen molar-refractivity contribution in [2.45, 2.75) is 19.9 Å². The van der Waals surface area contributed by atoms with Crippen LogP contribution in [0.15, 0.2) is 22.6 Å². The van der Waals surface area contributed by atoms with E-state index in [0.717, 1.165) is 13.1 Å². The van der Waals surface area contributed by atoms with Crippen molar-refractivity contribution in [2.75, 3.05) is 31.1 Å². The molecule has 1 saturated heterocycles. The fourth-order valence-electron chi connectivity index (χ4n) is 2.82. The second-order valence-electron chi connectivity index (χ2n) is 5.64. The highest BCUT2D eigenvalue weighted by atomic mass is 19.1.